The standard InChI is InChI=1S/C28H32O2S/c1-28(2,3)19-11-7-10-16-24(27(29)30-4)15-9-6-5-8-13-23-14-12-17-25(21-23)26-18-20-31-22-26/h7-8,10,12-15,17-18,20-22H,5-6,9,16H2,1-4H3/b10-7+,13-8+,24-15+. The topological polar surface area (TPSA) is 26.3 Å². The van der Waals surface area contributed by atoms with Gasteiger partial charge in [0.2, 0.25) is 0 Å². The summed E-state index contributed by atoms with van der Waals surface area (Å²) < 4.78 is 4.91. The molecule has 0 radical (unpaired) electrons. The number of benzene rings is 1. The molecule has 0 amide bonds. The van der Waals surface area contributed by atoms with Crippen molar-refractivity contribution in [2.45, 2.75) is 46.5 Å². The van der Waals surface area contributed by atoms with Crippen LogP contribution in [0, 0.1) is 17.3 Å². The quantitative estimate of drug-likeness (QED) is 0.176. The van der Waals surface area contributed by atoms with E-state index in [1.165, 1.54) is 23.8 Å². The first-order chi connectivity index (χ1) is 14.9. The summed E-state index contributed by atoms with van der Waals surface area (Å²) in [7, 11) is 1.42. The number of methoxy groups -OCH3 is 1. The second-order valence-electron chi connectivity index (χ2n) is 8.32. The third kappa shape index (κ3) is 9.68. The molecule has 0 spiro atoms. The highest BCUT2D eigenvalue weighted by atomic mass is 32.1. The zero-order valence-electron chi connectivity index (χ0n) is 19.0. The molecule has 0 N–H and O–H groups in total. The van der Waals surface area contributed by atoms with Crippen molar-refractivity contribution in [1.82, 2.24) is 0 Å². The second-order valence-corrected chi connectivity index (χ2v) is 9.10. The van der Waals surface area contributed by atoms with E-state index < -0.39 is 0 Å². The number of thiophene rings is 1. The van der Waals surface area contributed by atoms with Crippen LogP contribution in [0.5, 0.6) is 0 Å². The molecule has 0 saturated carbocycles. The van der Waals surface area contributed by atoms with Crippen molar-refractivity contribution in [3.8, 4) is 23.0 Å². The van der Waals surface area contributed by atoms with Gasteiger partial charge in [0, 0.05) is 11.0 Å². The van der Waals surface area contributed by atoms with Gasteiger partial charge in [-0.3, -0.25) is 0 Å². The van der Waals surface area contributed by atoms with Crippen LogP contribution >= 0.6 is 11.3 Å². The van der Waals surface area contributed by atoms with Crippen molar-refractivity contribution in [1.29, 1.82) is 0 Å². The molecular formula is C28H32O2S. The number of esters is 1. The molecule has 1 aromatic carbocycles. The minimum Gasteiger partial charge on any atom is -0.466 e. The van der Waals surface area contributed by atoms with Gasteiger partial charge in [0.15, 0.2) is 0 Å². The number of carbonyl (C=O) groups excluding carboxylic acids is 1. The van der Waals surface area contributed by atoms with Crippen molar-refractivity contribution in [3.63, 3.8) is 0 Å². The number of allylic oxidation sites excluding steroid dienone is 4. The Morgan fingerprint density at radius 2 is 1.97 bits per heavy atom. The van der Waals surface area contributed by atoms with Gasteiger partial charge in [0.25, 0.3) is 0 Å². The molecule has 0 aliphatic carbocycles. The van der Waals surface area contributed by atoms with E-state index in [0.29, 0.717) is 12.0 Å². The number of unbranched alkanes of at least 4 members (excludes halogenated alkanes) is 2. The van der Waals surface area contributed by atoms with E-state index in [1.807, 2.05) is 18.2 Å². The molecule has 0 aliphatic heterocycles. The molecule has 3 heteroatoms. The highest BCUT2D eigenvalue weighted by Gasteiger charge is 2.07. The highest BCUT2D eigenvalue weighted by Crippen LogP contribution is 2.23. The van der Waals surface area contributed by atoms with Crippen LogP contribution in [-0.4, -0.2) is 13.1 Å². The van der Waals surface area contributed by atoms with Gasteiger partial charge in [-0.15, -0.1) is 0 Å². The Morgan fingerprint density at radius 3 is 2.68 bits per heavy atom. The Bertz CT molecular complexity index is 974. The maximum absolute atomic E-state index is 12.0. The molecule has 0 atom stereocenters. The van der Waals surface area contributed by atoms with Crippen LogP contribution in [0.4, 0.5) is 0 Å². The van der Waals surface area contributed by atoms with E-state index in [4.69, 9.17) is 4.74 Å². The van der Waals surface area contributed by atoms with Gasteiger partial charge in [-0.1, -0.05) is 54.3 Å². The monoisotopic (exact) mass is 432 g/mol. The average molecular weight is 433 g/mol. The highest BCUT2D eigenvalue weighted by molar-refractivity contribution is 7.08. The minimum atomic E-state index is -0.269. The Labute approximate surface area is 191 Å². The summed E-state index contributed by atoms with van der Waals surface area (Å²) in [5.74, 6) is 5.91. The molecule has 0 saturated heterocycles. The molecule has 2 nitrogen and oxygen atoms in total. The van der Waals surface area contributed by atoms with Gasteiger partial charge in [-0.05, 0) is 92.1 Å². The minimum absolute atomic E-state index is 0.0237. The van der Waals surface area contributed by atoms with E-state index in [-0.39, 0.29) is 11.4 Å². The number of ether oxygens (including phenoxy) is 1. The molecule has 1 aromatic heterocycles. The fraction of sp³-hybridized carbons (Fsp3) is 0.321. The van der Waals surface area contributed by atoms with Crippen LogP contribution in [0.25, 0.3) is 17.2 Å². The zero-order valence-corrected chi connectivity index (χ0v) is 19.8. The summed E-state index contributed by atoms with van der Waals surface area (Å²) in [6.45, 7) is 6.22. The van der Waals surface area contributed by atoms with Gasteiger partial charge in [-0.25, -0.2) is 4.79 Å². The Balaban J connectivity index is 1.84. The molecule has 2 rings (SSSR count). The molecule has 1 heterocycles. The van der Waals surface area contributed by atoms with E-state index in [0.717, 1.165) is 19.3 Å². The molecule has 0 fully saturated rings. The van der Waals surface area contributed by atoms with Crippen LogP contribution in [0.1, 0.15) is 52.0 Å². The maximum atomic E-state index is 12.0. The van der Waals surface area contributed by atoms with Crippen LogP contribution in [0.2, 0.25) is 0 Å². The zero-order chi connectivity index (χ0) is 22.5. The Morgan fingerprint density at radius 1 is 1.13 bits per heavy atom. The molecule has 162 valence electrons. The second kappa shape index (κ2) is 12.8. The number of rotatable bonds is 9. The molecular weight excluding hydrogens is 400 g/mol. The number of carbonyl (C=O) groups is 1. The smallest absolute Gasteiger partial charge is 0.333 e. The SMILES string of the molecule is COC(=O)/C(=C/CCC/C=C/c1cccc(-c2ccsc2)c1)C/C=C/C#CC(C)(C)C. The lowest BCUT2D eigenvalue weighted by Crippen LogP contribution is -2.04. The first kappa shape index (κ1) is 24.4. The summed E-state index contributed by atoms with van der Waals surface area (Å²) in [6.07, 6.45) is 13.4. The summed E-state index contributed by atoms with van der Waals surface area (Å²) in [4.78, 5) is 12.0. The molecule has 0 aliphatic rings. The van der Waals surface area contributed by atoms with Crippen LogP contribution in [-0.2, 0) is 9.53 Å². The average Bonchev–Trinajstić information content (AvgIpc) is 3.28. The van der Waals surface area contributed by atoms with Crippen molar-refractivity contribution in [2.75, 3.05) is 7.11 Å². The lowest BCUT2D eigenvalue weighted by atomic mass is 9.98. The predicted molar refractivity (Wildman–Crippen MR) is 134 cm³/mol. The Hall–Kier alpha value is -2.83. The lowest BCUT2D eigenvalue weighted by molar-refractivity contribution is -0.136. The Kier molecular flexibility index (Phi) is 10.1. The third-order valence-corrected chi connectivity index (χ3v) is 5.13. The summed E-state index contributed by atoms with van der Waals surface area (Å²) in [6, 6.07) is 10.7. The number of hydrogen-bond acceptors (Lipinski definition) is 3. The van der Waals surface area contributed by atoms with Crippen LogP contribution in [0.15, 0.2) is 71.0 Å². The van der Waals surface area contributed by atoms with Crippen LogP contribution in [0.3, 0.4) is 0 Å². The van der Waals surface area contributed by atoms with Crippen molar-refractivity contribution >= 4 is 23.4 Å². The van der Waals surface area contributed by atoms with E-state index >= 15 is 0 Å². The van der Waals surface area contributed by atoms with Gasteiger partial charge < -0.3 is 4.74 Å². The largest absolute Gasteiger partial charge is 0.466 e. The first-order valence-electron chi connectivity index (χ1n) is 10.6. The van der Waals surface area contributed by atoms with Gasteiger partial charge in [0.1, 0.15) is 0 Å². The summed E-state index contributed by atoms with van der Waals surface area (Å²) in [5, 5.41) is 4.27. The molecule has 0 bridgehead atoms. The normalized spacial score (nSPS) is 12.2. The summed E-state index contributed by atoms with van der Waals surface area (Å²) in [5.41, 5.74) is 4.37. The fourth-order valence-electron chi connectivity index (χ4n) is 2.87. The first-order valence-corrected chi connectivity index (χ1v) is 11.6. The van der Waals surface area contributed by atoms with Gasteiger partial charge >= 0.3 is 5.97 Å². The van der Waals surface area contributed by atoms with Crippen molar-refractivity contribution in [2.24, 2.45) is 5.41 Å². The number of hydrogen-bond donors (Lipinski definition) is 0. The molecule has 0 unspecified atom stereocenters. The third-order valence-electron chi connectivity index (χ3n) is 4.45. The van der Waals surface area contributed by atoms with Gasteiger partial charge in [-0.2, -0.15) is 11.3 Å². The summed E-state index contributed by atoms with van der Waals surface area (Å²) >= 11 is 1.71. The molecule has 2 aromatic rings. The van der Waals surface area contributed by atoms with Crippen LogP contribution < -0.4 is 0 Å². The fourth-order valence-corrected chi connectivity index (χ4v) is 3.53. The van der Waals surface area contributed by atoms with E-state index in [9.17, 15) is 4.79 Å². The molecule has 31 heavy (non-hydrogen) atoms. The van der Waals surface area contributed by atoms with Crippen molar-refractivity contribution < 1.29 is 9.53 Å². The maximum Gasteiger partial charge on any atom is 0.333 e. The van der Waals surface area contributed by atoms with Gasteiger partial charge in [0.05, 0.1) is 7.11 Å². The van der Waals surface area contributed by atoms with E-state index in [2.05, 4.69) is 85.9 Å². The van der Waals surface area contributed by atoms with E-state index in [1.54, 1.807) is 11.3 Å². The predicted octanol–water partition coefficient (Wildman–Crippen LogP) is 7.69. The lowest BCUT2D eigenvalue weighted by Gasteiger charge is -2.06. The van der Waals surface area contributed by atoms with Crippen molar-refractivity contribution in [3.05, 3.63) is 76.5 Å².